The van der Waals surface area contributed by atoms with Crippen LogP contribution in [-0.2, 0) is 9.59 Å². The number of amides is 1. The van der Waals surface area contributed by atoms with Gasteiger partial charge in [0.1, 0.15) is 17.3 Å². The molecule has 0 saturated carbocycles. The predicted molar refractivity (Wildman–Crippen MR) is 136 cm³/mol. The molecule has 1 amide bonds. The number of ketones is 1. The Labute approximate surface area is 205 Å². The topological polar surface area (TPSA) is 76.1 Å². The highest BCUT2D eigenvalue weighted by Gasteiger charge is 2.47. The van der Waals surface area contributed by atoms with Crippen LogP contribution in [0.25, 0.3) is 5.76 Å². The molecule has 0 bridgehead atoms. The second-order valence-electron chi connectivity index (χ2n) is 8.33. The van der Waals surface area contributed by atoms with Crippen molar-refractivity contribution >= 4 is 23.1 Å². The second kappa shape index (κ2) is 10.5. The van der Waals surface area contributed by atoms with Crippen LogP contribution >= 0.6 is 0 Å². The first-order chi connectivity index (χ1) is 17.0. The summed E-state index contributed by atoms with van der Waals surface area (Å²) in [5, 5.41) is 11.3. The number of nitrogens with zero attached hydrogens (tertiary/aromatic N) is 1. The Hall–Kier alpha value is -4.06. The number of rotatable bonds is 8. The Balaban J connectivity index is 1.83. The van der Waals surface area contributed by atoms with E-state index in [0.717, 1.165) is 17.5 Å². The molecular weight excluding hydrogens is 442 g/mol. The molecule has 35 heavy (non-hydrogen) atoms. The number of hydrogen-bond acceptors (Lipinski definition) is 5. The van der Waals surface area contributed by atoms with E-state index >= 15 is 0 Å². The minimum Gasteiger partial charge on any atom is -0.507 e. The van der Waals surface area contributed by atoms with Crippen LogP contribution in [0.3, 0.4) is 0 Å². The second-order valence-corrected chi connectivity index (χ2v) is 8.33. The van der Waals surface area contributed by atoms with Gasteiger partial charge in [0.05, 0.1) is 24.8 Å². The highest BCUT2D eigenvalue weighted by Crippen LogP contribution is 2.43. The lowest BCUT2D eigenvalue weighted by molar-refractivity contribution is -0.132. The molecule has 3 aromatic carbocycles. The molecule has 0 spiro atoms. The van der Waals surface area contributed by atoms with Gasteiger partial charge in [0, 0.05) is 11.3 Å². The maximum atomic E-state index is 13.3. The third-order valence-electron chi connectivity index (χ3n) is 5.95. The molecular formula is C29H29NO5. The van der Waals surface area contributed by atoms with E-state index in [4.69, 9.17) is 9.47 Å². The summed E-state index contributed by atoms with van der Waals surface area (Å²) in [7, 11) is 0. The van der Waals surface area contributed by atoms with Crippen LogP contribution < -0.4 is 14.4 Å². The maximum absolute atomic E-state index is 13.3. The van der Waals surface area contributed by atoms with E-state index in [1.54, 1.807) is 48.5 Å². The smallest absolute Gasteiger partial charge is 0.300 e. The van der Waals surface area contributed by atoms with Crippen LogP contribution in [0, 0.1) is 6.92 Å². The summed E-state index contributed by atoms with van der Waals surface area (Å²) in [5.74, 6) is -0.283. The molecule has 1 heterocycles. The van der Waals surface area contributed by atoms with Gasteiger partial charge < -0.3 is 14.6 Å². The minimum atomic E-state index is -0.773. The third-order valence-corrected chi connectivity index (χ3v) is 5.95. The number of aliphatic hydroxyl groups excluding tert-OH is 1. The van der Waals surface area contributed by atoms with Crippen LogP contribution in [0.4, 0.5) is 5.69 Å². The van der Waals surface area contributed by atoms with Crippen molar-refractivity contribution in [2.24, 2.45) is 0 Å². The van der Waals surface area contributed by atoms with Crippen molar-refractivity contribution in [3.05, 3.63) is 95.1 Å². The number of hydrogen-bond donors (Lipinski definition) is 1. The van der Waals surface area contributed by atoms with Gasteiger partial charge in [0.25, 0.3) is 11.7 Å². The predicted octanol–water partition coefficient (Wildman–Crippen LogP) is 5.81. The lowest BCUT2D eigenvalue weighted by Crippen LogP contribution is -2.29. The standard InChI is InChI=1S/C29H29NO5/c1-4-18-35-23-14-10-20(11-15-23)27(31)25-26(24-9-7-6-8-19(24)3)30(29(33)28(25)32)21-12-16-22(17-13-21)34-5-2/h6-17,26,31H,4-5,18H2,1-3H3/b27-25-. The molecule has 1 aliphatic heterocycles. The Morgan fingerprint density at radius 3 is 2.14 bits per heavy atom. The molecule has 1 atom stereocenters. The average molecular weight is 472 g/mol. The molecule has 1 saturated heterocycles. The Morgan fingerprint density at radius 2 is 1.51 bits per heavy atom. The summed E-state index contributed by atoms with van der Waals surface area (Å²) in [5.41, 5.74) is 2.72. The van der Waals surface area contributed by atoms with Gasteiger partial charge in [0.15, 0.2) is 0 Å². The number of aliphatic hydroxyl groups is 1. The van der Waals surface area contributed by atoms with Crippen molar-refractivity contribution in [1.29, 1.82) is 0 Å². The van der Waals surface area contributed by atoms with Gasteiger partial charge in [-0.15, -0.1) is 0 Å². The zero-order valence-corrected chi connectivity index (χ0v) is 20.2. The van der Waals surface area contributed by atoms with E-state index in [-0.39, 0.29) is 11.3 Å². The number of Topliss-reactive ketones (excluding diaryl/α,β-unsaturated/α-hetero) is 1. The van der Waals surface area contributed by atoms with Gasteiger partial charge in [0.2, 0.25) is 0 Å². The van der Waals surface area contributed by atoms with Crippen LogP contribution in [0.1, 0.15) is 43.0 Å². The number of benzene rings is 3. The van der Waals surface area contributed by atoms with E-state index < -0.39 is 17.7 Å². The van der Waals surface area contributed by atoms with Gasteiger partial charge in [-0.1, -0.05) is 31.2 Å². The van der Waals surface area contributed by atoms with E-state index in [0.29, 0.717) is 36.0 Å². The Bertz CT molecular complexity index is 1240. The summed E-state index contributed by atoms with van der Waals surface area (Å²) in [6, 6.07) is 20.7. The molecule has 0 radical (unpaired) electrons. The molecule has 4 rings (SSSR count). The molecule has 6 heteroatoms. The van der Waals surface area contributed by atoms with Gasteiger partial charge >= 0.3 is 0 Å². The van der Waals surface area contributed by atoms with Crippen LogP contribution in [0.15, 0.2) is 78.4 Å². The molecule has 1 N–H and O–H groups in total. The third kappa shape index (κ3) is 4.78. The van der Waals surface area contributed by atoms with Crippen molar-refractivity contribution < 1.29 is 24.2 Å². The first kappa shape index (κ1) is 24.1. The van der Waals surface area contributed by atoms with Crippen molar-refractivity contribution in [3.8, 4) is 11.5 Å². The summed E-state index contributed by atoms with van der Waals surface area (Å²) in [6.45, 7) is 6.96. The zero-order valence-electron chi connectivity index (χ0n) is 20.2. The summed E-state index contributed by atoms with van der Waals surface area (Å²) in [4.78, 5) is 28.1. The SMILES string of the molecule is CCCOc1ccc(/C(O)=C2/C(=O)C(=O)N(c3ccc(OCC)cc3)C2c2ccccc2C)cc1. The highest BCUT2D eigenvalue weighted by atomic mass is 16.5. The molecule has 1 aliphatic rings. The first-order valence-electron chi connectivity index (χ1n) is 11.8. The van der Waals surface area contributed by atoms with Crippen LogP contribution in [-0.4, -0.2) is 30.0 Å². The fourth-order valence-corrected chi connectivity index (χ4v) is 4.24. The van der Waals surface area contributed by atoms with Crippen molar-refractivity contribution in [2.45, 2.75) is 33.2 Å². The van der Waals surface area contributed by atoms with Gasteiger partial charge in [-0.25, -0.2) is 0 Å². The molecule has 0 aromatic heterocycles. The number of ether oxygens (including phenoxy) is 2. The minimum absolute atomic E-state index is 0.0559. The first-order valence-corrected chi connectivity index (χ1v) is 11.8. The maximum Gasteiger partial charge on any atom is 0.300 e. The molecule has 180 valence electrons. The molecule has 0 aliphatic carbocycles. The van der Waals surface area contributed by atoms with E-state index in [1.165, 1.54) is 4.90 Å². The molecule has 1 fully saturated rings. The summed E-state index contributed by atoms with van der Waals surface area (Å²) < 4.78 is 11.1. The summed E-state index contributed by atoms with van der Waals surface area (Å²) >= 11 is 0. The van der Waals surface area contributed by atoms with Crippen LogP contribution in [0.5, 0.6) is 11.5 Å². The van der Waals surface area contributed by atoms with Gasteiger partial charge in [-0.3, -0.25) is 14.5 Å². The van der Waals surface area contributed by atoms with E-state index in [1.807, 2.05) is 45.0 Å². The summed E-state index contributed by atoms with van der Waals surface area (Å²) in [6.07, 6.45) is 0.882. The molecule has 1 unspecified atom stereocenters. The van der Waals surface area contributed by atoms with Crippen molar-refractivity contribution in [2.75, 3.05) is 18.1 Å². The van der Waals surface area contributed by atoms with Gasteiger partial charge in [-0.2, -0.15) is 0 Å². The lowest BCUT2D eigenvalue weighted by Gasteiger charge is -2.26. The van der Waals surface area contributed by atoms with E-state index in [2.05, 4.69) is 0 Å². The molecule has 6 nitrogen and oxygen atoms in total. The Morgan fingerprint density at radius 1 is 0.886 bits per heavy atom. The number of anilines is 1. The lowest BCUT2D eigenvalue weighted by atomic mass is 9.92. The van der Waals surface area contributed by atoms with Crippen molar-refractivity contribution in [3.63, 3.8) is 0 Å². The monoisotopic (exact) mass is 471 g/mol. The van der Waals surface area contributed by atoms with E-state index in [9.17, 15) is 14.7 Å². The number of aryl methyl sites for hydroxylation is 1. The number of carbonyl (C=O) groups excluding carboxylic acids is 2. The van der Waals surface area contributed by atoms with Crippen LogP contribution in [0.2, 0.25) is 0 Å². The molecule has 3 aromatic rings. The van der Waals surface area contributed by atoms with Gasteiger partial charge in [-0.05, 0) is 79.9 Å². The fraction of sp³-hybridized carbons (Fsp3) is 0.241. The van der Waals surface area contributed by atoms with Crippen molar-refractivity contribution in [1.82, 2.24) is 0 Å². The average Bonchev–Trinajstić information content (AvgIpc) is 3.13. The zero-order chi connectivity index (χ0) is 24.9. The normalized spacial score (nSPS) is 17.0. The fourth-order valence-electron chi connectivity index (χ4n) is 4.24. The Kier molecular flexibility index (Phi) is 7.20. The largest absolute Gasteiger partial charge is 0.507 e. The quantitative estimate of drug-likeness (QED) is 0.255. The highest BCUT2D eigenvalue weighted by molar-refractivity contribution is 6.51. The number of carbonyl (C=O) groups is 2.